The van der Waals surface area contributed by atoms with Gasteiger partial charge in [0.1, 0.15) is 5.75 Å². The fourth-order valence-corrected chi connectivity index (χ4v) is 1.62. The van der Waals surface area contributed by atoms with E-state index in [1.54, 1.807) is 18.3 Å². The maximum absolute atomic E-state index is 5.86. The van der Waals surface area contributed by atoms with Crippen molar-refractivity contribution in [1.82, 2.24) is 4.98 Å². The molecule has 0 saturated carbocycles. The number of halogens is 1. The van der Waals surface area contributed by atoms with E-state index in [9.17, 15) is 0 Å². The number of hydrogen-bond acceptors (Lipinski definition) is 3. The normalized spacial score (nSPS) is 10.2. The minimum atomic E-state index is 0.549. The molecule has 1 aromatic carbocycles. The van der Waals surface area contributed by atoms with E-state index in [1.807, 2.05) is 24.3 Å². The molecular formula is C13H13ClN2O. The van der Waals surface area contributed by atoms with Crippen LogP contribution in [0.3, 0.4) is 0 Å². The molecule has 2 rings (SSSR count). The predicted molar refractivity (Wildman–Crippen MR) is 68.5 cm³/mol. The molecule has 1 heterocycles. The molecule has 4 heteroatoms. The van der Waals surface area contributed by atoms with Crippen molar-refractivity contribution < 1.29 is 4.74 Å². The van der Waals surface area contributed by atoms with Crippen molar-refractivity contribution in [2.75, 3.05) is 6.54 Å². The molecule has 0 amide bonds. The number of ether oxygens (including phenoxy) is 1. The highest BCUT2D eigenvalue weighted by molar-refractivity contribution is 6.30. The van der Waals surface area contributed by atoms with Gasteiger partial charge < -0.3 is 10.5 Å². The highest BCUT2D eigenvalue weighted by Crippen LogP contribution is 2.22. The van der Waals surface area contributed by atoms with Crippen LogP contribution in [0.4, 0.5) is 0 Å². The first-order valence-corrected chi connectivity index (χ1v) is 5.74. The molecule has 2 aromatic rings. The van der Waals surface area contributed by atoms with E-state index in [2.05, 4.69) is 4.98 Å². The van der Waals surface area contributed by atoms with Gasteiger partial charge in [-0.2, -0.15) is 0 Å². The van der Waals surface area contributed by atoms with E-state index in [0.717, 1.165) is 12.0 Å². The van der Waals surface area contributed by atoms with E-state index in [-0.39, 0.29) is 0 Å². The molecule has 0 radical (unpaired) electrons. The second-order valence-electron chi connectivity index (χ2n) is 3.60. The summed E-state index contributed by atoms with van der Waals surface area (Å²) in [7, 11) is 0. The van der Waals surface area contributed by atoms with Crippen LogP contribution in [0.25, 0.3) is 0 Å². The monoisotopic (exact) mass is 248 g/mol. The third-order valence-corrected chi connectivity index (χ3v) is 2.48. The van der Waals surface area contributed by atoms with Crippen molar-refractivity contribution >= 4 is 11.6 Å². The summed E-state index contributed by atoms with van der Waals surface area (Å²) in [4.78, 5) is 4.20. The van der Waals surface area contributed by atoms with E-state index in [4.69, 9.17) is 22.1 Å². The first-order valence-electron chi connectivity index (χ1n) is 5.36. The number of hydrogen-bond donors (Lipinski definition) is 1. The highest BCUT2D eigenvalue weighted by Gasteiger charge is 1.99. The van der Waals surface area contributed by atoms with Gasteiger partial charge in [-0.25, -0.2) is 4.98 Å². The summed E-state index contributed by atoms with van der Waals surface area (Å²) in [6.45, 7) is 0.621. The van der Waals surface area contributed by atoms with Gasteiger partial charge in [0, 0.05) is 17.3 Å². The minimum absolute atomic E-state index is 0.549. The molecule has 17 heavy (non-hydrogen) atoms. The summed E-state index contributed by atoms with van der Waals surface area (Å²) in [5, 5.41) is 0.641. The molecule has 0 saturated heterocycles. The van der Waals surface area contributed by atoms with Crippen molar-refractivity contribution in [1.29, 1.82) is 0 Å². The maximum atomic E-state index is 5.86. The lowest BCUT2D eigenvalue weighted by Crippen LogP contribution is -2.02. The van der Waals surface area contributed by atoms with Gasteiger partial charge in [0.25, 0.3) is 0 Å². The van der Waals surface area contributed by atoms with Crippen molar-refractivity contribution in [3.05, 3.63) is 53.2 Å². The number of rotatable bonds is 4. The van der Waals surface area contributed by atoms with Gasteiger partial charge in [-0.05, 0) is 36.7 Å². The van der Waals surface area contributed by atoms with Gasteiger partial charge in [0.05, 0.1) is 0 Å². The zero-order valence-electron chi connectivity index (χ0n) is 9.27. The second-order valence-corrected chi connectivity index (χ2v) is 4.04. The molecule has 0 aliphatic heterocycles. The summed E-state index contributed by atoms with van der Waals surface area (Å²) in [5.74, 6) is 1.23. The third kappa shape index (κ3) is 3.44. The summed E-state index contributed by atoms with van der Waals surface area (Å²) in [6, 6.07) is 11.0. The molecule has 1 aromatic heterocycles. The fraction of sp³-hybridized carbons (Fsp3) is 0.154. The van der Waals surface area contributed by atoms with Crippen LogP contribution in [0.2, 0.25) is 5.02 Å². The Balaban J connectivity index is 2.08. The third-order valence-electron chi connectivity index (χ3n) is 2.25. The number of nitrogens with zero attached hydrogens (tertiary/aromatic N) is 1. The molecular weight excluding hydrogens is 236 g/mol. The Kier molecular flexibility index (Phi) is 3.96. The molecule has 0 aliphatic rings. The largest absolute Gasteiger partial charge is 0.439 e. The Labute approximate surface area is 105 Å². The van der Waals surface area contributed by atoms with Gasteiger partial charge >= 0.3 is 0 Å². The van der Waals surface area contributed by atoms with E-state index < -0.39 is 0 Å². The smallest absolute Gasteiger partial charge is 0.219 e. The molecule has 0 spiro atoms. The van der Waals surface area contributed by atoms with Crippen molar-refractivity contribution in [2.45, 2.75) is 6.42 Å². The lowest BCUT2D eigenvalue weighted by molar-refractivity contribution is 0.462. The molecule has 0 aliphatic carbocycles. The van der Waals surface area contributed by atoms with Gasteiger partial charge in [-0.1, -0.05) is 23.7 Å². The molecule has 2 N–H and O–H groups in total. The lowest BCUT2D eigenvalue weighted by atomic mass is 10.2. The number of aromatic nitrogens is 1. The van der Waals surface area contributed by atoms with E-state index in [0.29, 0.717) is 23.2 Å². The number of nitrogens with two attached hydrogens (primary N) is 1. The fourth-order valence-electron chi connectivity index (χ4n) is 1.44. The molecule has 0 fully saturated rings. The summed E-state index contributed by atoms with van der Waals surface area (Å²) in [5.41, 5.74) is 6.57. The molecule has 0 atom stereocenters. The van der Waals surface area contributed by atoms with Crippen LogP contribution in [-0.4, -0.2) is 11.5 Å². The topological polar surface area (TPSA) is 48.1 Å². The van der Waals surface area contributed by atoms with Crippen LogP contribution in [0, 0.1) is 0 Å². The van der Waals surface area contributed by atoms with Crippen LogP contribution < -0.4 is 10.5 Å². The Bertz CT molecular complexity index is 485. The average molecular weight is 249 g/mol. The summed E-state index contributed by atoms with van der Waals surface area (Å²) < 4.78 is 5.57. The minimum Gasteiger partial charge on any atom is -0.439 e. The van der Waals surface area contributed by atoms with Crippen LogP contribution >= 0.6 is 11.6 Å². The van der Waals surface area contributed by atoms with Gasteiger partial charge in [-0.15, -0.1) is 0 Å². The molecule has 0 unspecified atom stereocenters. The molecule has 3 nitrogen and oxygen atoms in total. The zero-order valence-corrected chi connectivity index (χ0v) is 10.0. The Morgan fingerprint density at radius 1 is 1.24 bits per heavy atom. The first kappa shape index (κ1) is 11.9. The van der Waals surface area contributed by atoms with Gasteiger partial charge in [0.2, 0.25) is 5.88 Å². The Morgan fingerprint density at radius 2 is 2.12 bits per heavy atom. The SMILES string of the molecule is NCCc1ccc(Oc2cccc(Cl)c2)nc1. The summed E-state index contributed by atoms with van der Waals surface area (Å²) in [6.07, 6.45) is 2.59. The predicted octanol–water partition coefficient (Wildman–Crippen LogP) is 3.03. The quantitative estimate of drug-likeness (QED) is 0.905. The lowest BCUT2D eigenvalue weighted by Gasteiger charge is -2.05. The summed E-state index contributed by atoms with van der Waals surface area (Å²) >= 11 is 5.86. The number of benzene rings is 1. The second kappa shape index (κ2) is 5.66. The van der Waals surface area contributed by atoms with Crippen LogP contribution in [0.5, 0.6) is 11.6 Å². The van der Waals surface area contributed by atoms with Crippen molar-refractivity contribution in [3.63, 3.8) is 0 Å². The van der Waals surface area contributed by atoms with Gasteiger partial charge in [-0.3, -0.25) is 0 Å². The van der Waals surface area contributed by atoms with Gasteiger partial charge in [0.15, 0.2) is 0 Å². The van der Waals surface area contributed by atoms with Crippen molar-refractivity contribution in [2.24, 2.45) is 5.73 Å². The average Bonchev–Trinajstić information content (AvgIpc) is 2.32. The Morgan fingerprint density at radius 3 is 2.76 bits per heavy atom. The molecule has 0 bridgehead atoms. The number of pyridine rings is 1. The molecule has 88 valence electrons. The highest BCUT2D eigenvalue weighted by atomic mass is 35.5. The standard InChI is InChI=1S/C13H13ClN2O/c14-11-2-1-3-12(8-11)17-13-5-4-10(6-7-15)9-16-13/h1-5,8-9H,6-7,15H2. The first-order chi connectivity index (χ1) is 8.28. The van der Waals surface area contributed by atoms with Crippen LogP contribution in [0.15, 0.2) is 42.6 Å². The van der Waals surface area contributed by atoms with E-state index >= 15 is 0 Å². The van der Waals surface area contributed by atoms with Crippen LogP contribution in [0.1, 0.15) is 5.56 Å². The maximum Gasteiger partial charge on any atom is 0.219 e. The zero-order chi connectivity index (χ0) is 12.1. The Hall–Kier alpha value is -1.58. The van der Waals surface area contributed by atoms with Crippen molar-refractivity contribution in [3.8, 4) is 11.6 Å². The van der Waals surface area contributed by atoms with Crippen LogP contribution in [-0.2, 0) is 6.42 Å². The van der Waals surface area contributed by atoms with E-state index in [1.165, 1.54) is 0 Å².